The number of amides is 1. The predicted octanol–water partition coefficient (Wildman–Crippen LogP) is 0.803. The highest BCUT2D eigenvalue weighted by Gasteiger charge is 2.33. The second-order valence-electron chi connectivity index (χ2n) is 7.16. The van der Waals surface area contributed by atoms with Crippen LogP contribution in [0.5, 0.6) is 0 Å². The summed E-state index contributed by atoms with van der Waals surface area (Å²) < 4.78 is 26.6. The minimum atomic E-state index is -3.60. The number of H-pyrrole nitrogens is 1. The predicted molar refractivity (Wildman–Crippen MR) is 98.0 cm³/mol. The van der Waals surface area contributed by atoms with Crippen LogP contribution in [-0.4, -0.2) is 72.8 Å². The molecule has 26 heavy (non-hydrogen) atoms. The number of likely N-dealkylation sites (tertiary alicyclic amines) is 1. The fourth-order valence-electron chi connectivity index (χ4n) is 3.74. The van der Waals surface area contributed by atoms with Crippen molar-refractivity contribution in [2.24, 2.45) is 5.92 Å². The number of nitrogens with zero attached hydrogens (tertiary/aromatic N) is 3. The molecular weight excluding hydrogens is 354 g/mol. The van der Waals surface area contributed by atoms with Crippen LogP contribution in [0.1, 0.15) is 38.5 Å². The summed E-state index contributed by atoms with van der Waals surface area (Å²) in [4.78, 5) is 21.3. The van der Waals surface area contributed by atoms with E-state index in [0.717, 1.165) is 26.1 Å². The molecule has 3 heterocycles. The van der Waals surface area contributed by atoms with Crippen molar-refractivity contribution in [2.45, 2.75) is 43.6 Å². The smallest absolute Gasteiger partial charge is 0.260 e. The summed E-state index contributed by atoms with van der Waals surface area (Å²) in [5.41, 5.74) is 0. The first-order valence-corrected chi connectivity index (χ1v) is 11.0. The van der Waals surface area contributed by atoms with Gasteiger partial charge >= 0.3 is 0 Å². The first-order chi connectivity index (χ1) is 12.6. The zero-order valence-electron chi connectivity index (χ0n) is 15.2. The zero-order valence-corrected chi connectivity index (χ0v) is 16.0. The van der Waals surface area contributed by atoms with Crippen molar-refractivity contribution < 1.29 is 13.2 Å². The van der Waals surface area contributed by atoms with Gasteiger partial charge in [0.25, 0.3) is 10.0 Å². The molecule has 1 aromatic rings. The van der Waals surface area contributed by atoms with Gasteiger partial charge in [-0.2, -0.15) is 4.31 Å². The summed E-state index contributed by atoms with van der Waals surface area (Å²) in [6.07, 6.45) is 9.14. The molecule has 8 nitrogen and oxygen atoms in total. The average molecular weight is 384 g/mol. The third kappa shape index (κ3) is 4.83. The van der Waals surface area contributed by atoms with Crippen molar-refractivity contribution in [1.82, 2.24) is 24.5 Å². The molecule has 0 aliphatic carbocycles. The second-order valence-corrected chi connectivity index (χ2v) is 9.07. The van der Waals surface area contributed by atoms with Crippen molar-refractivity contribution in [3.05, 3.63) is 12.5 Å². The molecule has 1 aromatic heterocycles. The normalized spacial score (nSPS) is 23.5. The summed E-state index contributed by atoms with van der Waals surface area (Å²) in [6.45, 7) is 4.39. The number of rotatable bonds is 6. The minimum absolute atomic E-state index is 0.0377. The Kier molecular flexibility index (Phi) is 6.66. The Labute approximate surface area is 155 Å². The van der Waals surface area contributed by atoms with Crippen molar-refractivity contribution in [3.63, 3.8) is 0 Å². The van der Waals surface area contributed by atoms with Crippen LogP contribution in [0.2, 0.25) is 0 Å². The first-order valence-electron chi connectivity index (χ1n) is 9.56. The van der Waals surface area contributed by atoms with Crippen LogP contribution in [0.25, 0.3) is 0 Å². The van der Waals surface area contributed by atoms with E-state index < -0.39 is 10.0 Å². The highest BCUT2D eigenvalue weighted by molar-refractivity contribution is 7.89. The van der Waals surface area contributed by atoms with E-state index >= 15 is 0 Å². The van der Waals surface area contributed by atoms with E-state index in [2.05, 4.69) is 20.2 Å². The van der Waals surface area contributed by atoms with E-state index in [1.165, 1.54) is 42.5 Å². The number of sulfonamides is 1. The minimum Gasteiger partial charge on any atom is -0.355 e. The quantitative estimate of drug-likeness (QED) is 0.757. The number of aromatic nitrogens is 2. The number of aromatic amines is 1. The molecule has 1 unspecified atom stereocenters. The zero-order chi connectivity index (χ0) is 18.4. The molecule has 1 amide bonds. The number of nitrogens with one attached hydrogen (secondary N) is 2. The molecule has 2 N–H and O–H groups in total. The maximum absolute atomic E-state index is 12.6. The Bertz CT molecular complexity index is 669. The first kappa shape index (κ1) is 19.3. The van der Waals surface area contributed by atoms with Crippen LogP contribution < -0.4 is 5.32 Å². The van der Waals surface area contributed by atoms with E-state index in [9.17, 15) is 13.2 Å². The lowest BCUT2D eigenvalue weighted by Gasteiger charge is -2.31. The number of carbonyl (C=O) groups excluding carboxylic acids is 1. The van der Waals surface area contributed by atoms with Crippen LogP contribution in [0.4, 0.5) is 0 Å². The van der Waals surface area contributed by atoms with Crippen molar-refractivity contribution in [1.29, 1.82) is 0 Å². The van der Waals surface area contributed by atoms with Gasteiger partial charge in [-0.05, 0) is 38.8 Å². The third-order valence-electron chi connectivity index (χ3n) is 5.27. The largest absolute Gasteiger partial charge is 0.355 e. The lowest BCUT2D eigenvalue weighted by atomic mass is 9.99. The topological polar surface area (TPSA) is 98.4 Å². The van der Waals surface area contributed by atoms with E-state index in [0.29, 0.717) is 19.5 Å². The fourth-order valence-corrected chi connectivity index (χ4v) is 5.16. The van der Waals surface area contributed by atoms with Gasteiger partial charge in [-0.15, -0.1) is 0 Å². The Morgan fingerprint density at radius 1 is 1.19 bits per heavy atom. The summed E-state index contributed by atoms with van der Waals surface area (Å²) in [5.74, 6) is -0.324. The SMILES string of the molecule is O=C(NCCN1CCCCCC1)C1CCCN(S(=O)(=O)c2cnc[nH]2)C1. The fraction of sp³-hybridized carbons (Fsp3) is 0.765. The van der Waals surface area contributed by atoms with Gasteiger partial charge in [-0.25, -0.2) is 13.4 Å². The lowest BCUT2D eigenvalue weighted by molar-refractivity contribution is -0.126. The maximum atomic E-state index is 12.6. The van der Waals surface area contributed by atoms with Gasteiger partial charge < -0.3 is 15.2 Å². The third-order valence-corrected chi connectivity index (χ3v) is 7.06. The summed E-state index contributed by atoms with van der Waals surface area (Å²) >= 11 is 0. The van der Waals surface area contributed by atoms with Gasteiger partial charge in [0.05, 0.1) is 18.4 Å². The van der Waals surface area contributed by atoms with Crippen LogP contribution in [0, 0.1) is 5.92 Å². The maximum Gasteiger partial charge on any atom is 0.260 e. The van der Waals surface area contributed by atoms with Gasteiger partial charge in [-0.1, -0.05) is 12.8 Å². The van der Waals surface area contributed by atoms with Crippen molar-refractivity contribution in [2.75, 3.05) is 39.3 Å². The molecule has 2 aliphatic heterocycles. The molecule has 3 rings (SSSR count). The van der Waals surface area contributed by atoms with Gasteiger partial charge in [0.1, 0.15) is 0 Å². The highest BCUT2D eigenvalue weighted by Crippen LogP contribution is 2.22. The van der Waals surface area contributed by atoms with Gasteiger partial charge in [0, 0.05) is 26.2 Å². The number of piperidine rings is 1. The van der Waals surface area contributed by atoms with Crippen LogP contribution in [-0.2, 0) is 14.8 Å². The van der Waals surface area contributed by atoms with Gasteiger partial charge in [0.15, 0.2) is 5.03 Å². The van der Waals surface area contributed by atoms with Gasteiger partial charge in [0.2, 0.25) is 5.91 Å². The van der Waals surface area contributed by atoms with Gasteiger partial charge in [-0.3, -0.25) is 4.79 Å². The van der Waals surface area contributed by atoms with Crippen molar-refractivity contribution >= 4 is 15.9 Å². The van der Waals surface area contributed by atoms with Crippen molar-refractivity contribution in [3.8, 4) is 0 Å². The van der Waals surface area contributed by atoms with E-state index in [4.69, 9.17) is 0 Å². The molecule has 146 valence electrons. The molecule has 2 saturated heterocycles. The number of carbonyl (C=O) groups is 1. The highest BCUT2D eigenvalue weighted by atomic mass is 32.2. The molecule has 0 bridgehead atoms. The van der Waals surface area contributed by atoms with Crippen LogP contribution in [0.3, 0.4) is 0 Å². The Hall–Kier alpha value is -1.45. The number of hydrogen-bond acceptors (Lipinski definition) is 5. The summed E-state index contributed by atoms with van der Waals surface area (Å²) in [6, 6.07) is 0. The Morgan fingerprint density at radius 2 is 1.96 bits per heavy atom. The molecule has 1 atom stereocenters. The van der Waals surface area contributed by atoms with E-state index in [1.807, 2.05) is 0 Å². The van der Waals surface area contributed by atoms with Crippen LogP contribution >= 0.6 is 0 Å². The van der Waals surface area contributed by atoms with E-state index in [1.54, 1.807) is 0 Å². The molecule has 2 fully saturated rings. The molecule has 0 spiro atoms. The summed E-state index contributed by atoms with van der Waals surface area (Å²) in [7, 11) is -3.60. The van der Waals surface area contributed by atoms with Crippen LogP contribution in [0.15, 0.2) is 17.6 Å². The Morgan fingerprint density at radius 3 is 2.65 bits per heavy atom. The molecule has 9 heteroatoms. The second kappa shape index (κ2) is 8.96. The molecular formula is C17H29N5O3S. The van der Waals surface area contributed by atoms with E-state index in [-0.39, 0.29) is 23.4 Å². The Balaban J connectivity index is 1.48. The monoisotopic (exact) mass is 383 g/mol. The molecule has 2 aliphatic rings. The molecule has 0 radical (unpaired) electrons. The molecule has 0 aromatic carbocycles. The standard InChI is InChI=1S/C17H29N5O3S/c23-17(19-7-11-21-8-3-1-2-4-9-21)15-6-5-10-22(13-15)26(24,25)16-12-18-14-20-16/h12,14-15H,1-11,13H2,(H,18,20)(H,19,23). The average Bonchev–Trinajstić information content (AvgIpc) is 3.08. The molecule has 0 saturated carbocycles. The summed E-state index contributed by atoms with van der Waals surface area (Å²) in [5, 5.41) is 3.09. The lowest BCUT2D eigenvalue weighted by Crippen LogP contribution is -2.46. The number of imidazole rings is 1. The number of hydrogen-bond donors (Lipinski definition) is 2.